The molecule has 2 N–H and O–H groups in total. The van der Waals surface area contributed by atoms with Crippen molar-refractivity contribution in [3.05, 3.63) is 70.3 Å². The Bertz CT molecular complexity index is 1490. The molecule has 0 radical (unpaired) electrons. The first-order chi connectivity index (χ1) is 20.5. The molecule has 3 aliphatic rings. The number of carbonyl (C=O) groups excluding carboxylic acids is 1. The van der Waals surface area contributed by atoms with Crippen LogP contribution >= 0.6 is 0 Å². The first-order valence-corrected chi connectivity index (χ1v) is 15.5. The molecule has 1 aromatic heterocycles. The standard InChI is InChI=1S/C33H41F3N6O/c1-21(12-30-40-38-20-41(30)3)11-22-13-25(39-24-7-4-5-8-24)17-26(14-22)42-19-28-27(31(42)43)15-23(16-29(28)33(34,35)36)18-37-32(2)9-6-10-32/h13-17,20-21,24,37,39H,4-12,18-19H2,1-3H3/t21-/m0/s1. The van der Waals surface area contributed by atoms with Gasteiger partial charge in [0, 0.05) is 48.5 Å². The van der Waals surface area contributed by atoms with Gasteiger partial charge in [0.05, 0.1) is 12.1 Å². The van der Waals surface area contributed by atoms with Gasteiger partial charge in [-0.3, -0.25) is 4.79 Å². The summed E-state index contributed by atoms with van der Waals surface area (Å²) in [5.74, 6) is 0.760. The fourth-order valence-electron chi connectivity index (χ4n) is 6.85. The van der Waals surface area contributed by atoms with E-state index in [-0.39, 0.29) is 35.0 Å². The predicted octanol–water partition coefficient (Wildman–Crippen LogP) is 6.80. The number of alkyl halides is 3. The summed E-state index contributed by atoms with van der Waals surface area (Å²) >= 11 is 0. The summed E-state index contributed by atoms with van der Waals surface area (Å²) in [6, 6.07) is 9.24. The molecule has 230 valence electrons. The normalized spacial score (nSPS) is 19.0. The average Bonchev–Trinajstić information content (AvgIpc) is 3.67. The molecule has 0 saturated heterocycles. The van der Waals surface area contributed by atoms with Crippen molar-refractivity contribution in [1.29, 1.82) is 0 Å². The van der Waals surface area contributed by atoms with Gasteiger partial charge >= 0.3 is 6.18 Å². The molecule has 3 aromatic rings. The van der Waals surface area contributed by atoms with E-state index in [2.05, 4.69) is 40.7 Å². The number of amides is 1. The van der Waals surface area contributed by atoms with Gasteiger partial charge in [0.1, 0.15) is 12.2 Å². The molecular formula is C33H41F3N6O. The number of hydrogen-bond acceptors (Lipinski definition) is 5. The molecule has 1 amide bonds. The zero-order chi connectivity index (χ0) is 30.4. The maximum absolute atomic E-state index is 14.3. The maximum atomic E-state index is 14.3. The Kier molecular flexibility index (Phi) is 8.00. The largest absolute Gasteiger partial charge is 0.416 e. The van der Waals surface area contributed by atoms with Gasteiger partial charge in [-0.15, -0.1) is 10.2 Å². The van der Waals surface area contributed by atoms with Gasteiger partial charge < -0.3 is 20.1 Å². The van der Waals surface area contributed by atoms with Gasteiger partial charge in [-0.05, 0) is 98.4 Å². The lowest BCUT2D eigenvalue weighted by molar-refractivity contribution is -0.138. The van der Waals surface area contributed by atoms with E-state index in [0.29, 0.717) is 23.8 Å². The summed E-state index contributed by atoms with van der Waals surface area (Å²) in [5.41, 5.74) is 2.49. The number of nitrogens with zero attached hydrogens (tertiary/aromatic N) is 4. The van der Waals surface area contributed by atoms with Crippen molar-refractivity contribution in [1.82, 2.24) is 20.1 Å². The zero-order valence-electron chi connectivity index (χ0n) is 25.2. The minimum atomic E-state index is -4.55. The van der Waals surface area contributed by atoms with Gasteiger partial charge in [0.2, 0.25) is 0 Å². The zero-order valence-corrected chi connectivity index (χ0v) is 25.2. The van der Waals surface area contributed by atoms with Crippen molar-refractivity contribution in [2.24, 2.45) is 13.0 Å². The highest BCUT2D eigenvalue weighted by atomic mass is 19.4. The molecule has 0 bridgehead atoms. The Hall–Kier alpha value is -3.40. The Labute approximate surface area is 251 Å². The Morgan fingerprint density at radius 3 is 2.47 bits per heavy atom. The molecule has 0 unspecified atom stereocenters. The highest BCUT2D eigenvalue weighted by Gasteiger charge is 2.41. The van der Waals surface area contributed by atoms with Crippen molar-refractivity contribution < 1.29 is 18.0 Å². The minimum absolute atomic E-state index is 0.0550. The average molecular weight is 595 g/mol. The number of anilines is 2. The van der Waals surface area contributed by atoms with Gasteiger partial charge in [-0.25, -0.2) is 0 Å². The van der Waals surface area contributed by atoms with Crippen LogP contribution in [-0.2, 0) is 39.2 Å². The topological polar surface area (TPSA) is 75.1 Å². The van der Waals surface area contributed by atoms with E-state index in [0.717, 1.165) is 62.0 Å². The molecule has 10 heteroatoms. The molecule has 2 heterocycles. The van der Waals surface area contributed by atoms with Gasteiger partial charge in [0.15, 0.2) is 0 Å². The van der Waals surface area contributed by atoms with E-state index >= 15 is 0 Å². The van der Waals surface area contributed by atoms with Crippen LogP contribution in [0.3, 0.4) is 0 Å². The van der Waals surface area contributed by atoms with Crippen LogP contribution in [0, 0.1) is 5.92 Å². The van der Waals surface area contributed by atoms with E-state index in [1.54, 1.807) is 12.4 Å². The first-order valence-electron chi connectivity index (χ1n) is 15.5. The van der Waals surface area contributed by atoms with Crippen molar-refractivity contribution in [3.63, 3.8) is 0 Å². The number of halogens is 3. The molecule has 43 heavy (non-hydrogen) atoms. The number of carbonyl (C=O) groups is 1. The summed E-state index contributed by atoms with van der Waals surface area (Å²) in [7, 11) is 1.92. The second-order valence-corrected chi connectivity index (χ2v) is 13.2. The first kappa shape index (κ1) is 29.7. The van der Waals surface area contributed by atoms with Gasteiger partial charge in [-0.2, -0.15) is 13.2 Å². The Morgan fingerprint density at radius 1 is 1.05 bits per heavy atom. The van der Waals surface area contributed by atoms with E-state index in [1.165, 1.54) is 23.8 Å². The Balaban J connectivity index is 1.30. The number of aryl methyl sites for hydroxylation is 1. The van der Waals surface area contributed by atoms with E-state index in [4.69, 9.17) is 0 Å². The monoisotopic (exact) mass is 594 g/mol. The van der Waals surface area contributed by atoms with Gasteiger partial charge in [-0.1, -0.05) is 19.8 Å². The van der Waals surface area contributed by atoms with Crippen molar-refractivity contribution in [2.45, 2.75) is 102 Å². The molecule has 6 rings (SSSR count). The van der Waals surface area contributed by atoms with Crippen molar-refractivity contribution >= 4 is 17.3 Å². The highest BCUT2D eigenvalue weighted by molar-refractivity contribution is 6.10. The van der Waals surface area contributed by atoms with Gasteiger partial charge in [0.25, 0.3) is 5.91 Å². The fraction of sp³-hybridized carbons (Fsp3) is 0.545. The van der Waals surface area contributed by atoms with E-state index in [9.17, 15) is 18.0 Å². The quantitative estimate of drug-likeness (QED) is 0.270. The van der Waals surface area contributed by atoms with Crippen LogP contribution < -0.4 is 15.5 Å². The molecule has 2 aromatic carbocycles. The van der Waals surface area contributed by atoms with Crippen LogP contribution in [0.2, 0.25) is 0 Å². The molecule has 1 aliphatic heterocycles. The molecule has 7 nitrogen and oxygen atoms in total. The van der Waals surface area contributed by atoms with E-state index < -0.39 is 11.7 Å². The maximum Gasteiger partial charge on any atom is 0.416 e. The summed E-state index contributed by atoms with van der Waals surface area (Å²) in [6.07, 6.45) is 6.25. The van der Waals surface area contributed by atoms with Crippen LogP contribution in [0.1, 0.15) is 97.2 Å². The second-order valence-electron chi connectivity index (χ2n) is 13.2. The predicted molar refractivity (Wildman–Crippen MR) is 161 cm³/mol. The summed E-state index contributed by atoms with van der Waals surface area (Å²) in [5, 5.41) is 15.3. The van der Waals surface area contributed by atoms with Crippen LogP contribution in [0.15, 0.2) is 36.7 Å². The van der Waals surface area contributed by atoms with Crippen LogP contribution in [-0.4, -0.2) is 32.3 Å². The molecule has 0 spiro atoms. The Morgan fingerprint density at radius 2 is 1.81 bits per heavy atom. The lowest BCUT2D eigenvalue weighted by Gasteiger charge is -2.39. The number of nitrogens with one attached hydrogen (secondary N) is 2. The second kappa shape index (κ2) is 11.6. The molecule has 2 aliphatic carbocycles. The molecular weight excluding hydrogens is 553 g/mol. The van der Waals surface area contributed by atoms with Crippen molar-refractivity contribution in [2.75, 3.05) is 10.2 Å². The third kappa shape index (κ3) is 6.44. The minimum Gasteiger partial charge on any atom is -0.382 e. The van der Waals surface area contributed by atoms with Crippen LogP contribution in [0.4, 0.5) is 24.5 Å². The highest BCUT2D eigenvalue weighted by Crippen LogP contribution is 2.41. The summed E-state index contributed by atoms with van der Waals surface area (Å²) < 4.78 is 44.9. The summed E-state index contributed by atoms with van der Waals surface area (Å²) in [6.45, 7) is 4.45. The summed E-state index contributed by atoms with van der Waals surface area (Å²) in [4.78, 5) is 15.4. The number of hydrogen-bond donors (Lipinski definition) is 2. The van der Waals surface area contributed by atoms with Crippen molar-refractivity contribution in [3.8, 4) is 0 Å². The smallest absolute Gasteiger partial charge is 0.382 e. The third-order valence-electron chi connectivity index (χ3n) is 9.52. The lowest BCUT2D eigenvalue weighted by atomic mass is 9.78. The van der Waals surface area contributed by atoms with Crippen LogP contribution in [0.25, 0.3) is 0 Å². The van der Waals surface area contributed by atoms with Crippen LogP contribution in [0.5, 0.6) is 0 Å². The lowest BCUT2D eigenvalue weighted by Crippen LogP contribution is -2.47. The fourth-order valence-corrected chi connectivity index (χ4v) is 6.85. The number of aromatic nitrogens is 3. The third-order valence-corrected chi connectivity index (χ3v) is 9.52. The van der Waals surface area contributed by atoms with E-state index in [1.807, 2.05) is 23.7 Å². The number of fused-ring (bicyclic) bond motifs is 1. The molecule has 2 fully saturated rings. The SMILES string of the molecule is C[C@@H](Cc1cc(NC2CCCC2)cc(N2Cc3c(cc(CNC4(C)CCC4)cc3C(F)(F)F)C2=O)c1)Cc1nncn1C. The number of benzene rings is 2. The number of rotatable bonds is 10. The molecule has 2 saturated carbocycles. The molecule has 1 atom stereocenters.